The van der Waals surface area contributed by atoms with Crippen molar-refractivity contribution in [3.8, 4) is 6.07 Å². The summed E-state index contributed by atoms with van der Waals surface area (Å²) in [5.74, 6) is 0. The predicted octanol–water partition coefficient (Wildman–Crippen LogP) is 6.25. The number of aromatic nitrogens is 1. The van der Waals surface area contributed by atoms with Crippen LogP contribution in [0.3, 0.4) is 0 Å². The summed E-state index contributed by atoms with van der Waals surface area (Å²) >= 11 is 13.6. The maximum absolute atomic E-state index is 9.35. The van der Waals surface area contributed by atoms with Gasteiger partial charge in [-0.3, -0.25) is 0 Å². The van der Waals surface area contributed by atoms with Gasteiger partial charge in [-0.15, -0.1) is 0 Å². The summed E-state index contributed by atoms with van der Waals surface area (Å²) in [6.45, 7) is 8.37. The normalized spacial score (nSPS) is 14.8. The van der Waals surface area contributed by atoms with Gasteiger partial charge in [0.15, 0.2) is 0 Å². The highest BCUT2D eigenvalue weighted by Crippen LogP contribution is 2.36. The summed E-state index contributed by atoms with van der Waals surface area (Å²) in [6.07, 6.45) is 2.84. The molecule has 33 heavy (non-hydrogen) atoms. The number of rotatable bonds is 5. The average Bonchev–Trinajstić information content (AvgIpc) is 3.12. The van der Waals surface area contributed by atoms with Crippen molar-refractivity contribution in [1.82, 2.24) is 14.4 Å². The number of hydrogen-bond donors (Lipinski definition) is 0. The van der Waals surface area contributed by atoms with E-state index < -0.39 is 0 Å². The first-order valence-corrected chi connectivity index (χ1v) is 12.0. The molecule has 1 aromatic heterocycles. The highest BCUT2D eigenvalue weighted by Gasteiger charge is 2.24. The molecular weight excluding hydrogens is 451 g/mol. The molecule has 1 fully saturated rings. The van der Waals surface area contributed by atoms with Crippen LogP contribution in [0.15, 0.2) is 36.9 Å². The van der Waals surface area contributed by atoms with Crippen LogP contribution in [0.1, 0.15) is 40.8 Å². The molecule has 0 spiro atoms. The topological polar surface area (TPSA) is 35.2 Å². The summed E-state index contributed by atoms with van der Waals surface area (Å²) in [4.78, 5) is 4.64. The van der Waals surface area contributed by atoms with Crippen molar-refractivity contribution < 1.29 is 0 Å². The number of halogens is 2. The molecule has 6 heteroatoms. The van der Waals surface area contributed by atoms with Gasteiger partial charge >= 0.3 is 0 Å². The third-order valence-electron chi connectivity index (χ3n) is 7.03. The van der Waals surface area contributed by atoms with E-state index in [-0.39, 0.29) is 0 Å². The Balaban J connectivity index is 1.65. The van der Waals surface area contributed by atoms with E-state index >= 15 is 0 Å². The van der Waals surface area contributed by atoms with Crippen LogP contribution in [0, 0.1) is 18.3 Å². The molecule has 172 valence electrons. The number of nitriles is 1. The van der Waals surface area contributed by atoms with Gasteiger partial charge in [-0.1, -0.05) is 29.8 Å². The molecular formula is C27H30Cl2N4. The van der Waals surface area contributed by atoms with Crippen LogP contribution in [0.4, 0.5) is 0 Å². The minimum Gasteiger partial charge on any atom is -0.371 e. The fraction of sp³-hybridized carbons (Fsp3) is 0.370. The SMILES string of the molecule is C=C(c1ccc(Cl)c(Cc2cc3c(C)cc(C#N)cc3n2C)c1Cl)N1CCC(N(C)C)CC1. The maximum Gasteiger partial charge on any atom is 0.0992 e. The maximum atomic E-state index is 9.35. The Morgan fingerprint density at radius 1 is 1.18 bits per heavy atom. The zero-order valence-corrected chi connectivity index (χ0v) is 21.3. The lowest BCUT2D eigenvalue weighted by Crippen LogP contribution is -2.41. The molecule has 2 heterocycles. The highest BCUT2D eigenvalue weighted by molar-refractivity contribution is 6.37. The second-order valence-corrected chi connectivity index (χ2v) is 10.0. The molecule has 4 rings (SSSR count). The van der Waals surface area contributed by atoms with Crippen LogP contribution in [-0.2, 0) is 13.5 Å². The monoisotopic (exact) mass is 480 g/mol. The van der Waals surface area contributed by atoms with Crippen molar-refractivity contribution >= 4 is 39.8 Å². The third-order valence-corrected chi connectivity index (χ3v) is 7.81. The molecule has 2 aromatic carbocycles. The quantitative estimate of drug-likeness (QED) is 0.432. The molecule has 0 saturated carbocycles. The summed E-state index contributed by atoms with van der Waals surface area (Å²) in [5.41, 5.74) is 6.71. The molecule has 0 N–H and O–H groups in total. The zero-order valence-electron chi connectivity index (χ0n) is 19.8. The van der Waals surface area contributed by atoms with Gasteiger partial charge in [-0.05, 0) is 75.3 Å². The van der Waals surface area contributed by atoms with Crippen LogP contribution < -0.4 is 0 Å². The first kappa shape index (κ1) is 23.7. The molecule has 0 amide bonds. The van der Waals surface area contributed by atoms with Crippen molar-refractivity contribution in [2.75, 3.05) is 27.2 Å². The van der Waals surface area contributed by atoms with Gasteiger partial charge in [0, 0.05) is 65.5 Å². The van der Waals surface area contributed by atoms with Gasteiger partial charge in [0.25, 0.3) is 0 Å². The Bertz CT molecular complexity index is 1260. The van der Waals surface area contributed by atoms with Crippen molar-refractivity contribution in [1.29, 1.82) is 5.26 Å². The van der Waals surface area contributed by atoms with E-state index in [1.54, 1.807) is 0 Å². The van der Waals surface area contributed by atoms with Crippen molar-refractivity contribution in [2.24, 2.45) is 7.05 Å². The molecule has 1 saturated heterocycles. The van der Waals surface area contributed by atoms with Crippen LogP contribution in [0.2, 0.25) is 10.0 Å². The lowest BCUT2D eigenvalue weighted by molar-refractivity contribution is 0.186. The first-order chi connectivity index (χ1) is 15.7. The van der Waals surface area contributed by atoms with Gasteiger partial charge in [-0.2, -0.15) is 5.26 Å². The van der Waals surface area contributed by atoms with Crippen LogP contribution in [0.25, 0.3) is 16.6 Å². The molecule has 1 aliphatic rings. The largest absolute Gasteiger partial charge is 0.371 e. The van der Waals surface area contributed by atoms with Gasteiger partial charge < -0.3 is 14.4 Å². The minimum absolute atomic E-state index is 0.605. The highest BCUT2D eigenvalue weighted by atomic mass is 35.5. The number of nitrogens with zero attached hydrogens (tertiary/aromatic N) is 4. The fourth-order valence-electron chi connectivity index (χ4n) is 4.88. The number of fused-ring (bicyclic) bond motifs is 1. The van der Waals surface area contributed by atoms with Gasteiger partial charge in [-0.25, -0.2) is 0 Å². The van der Waals surface area contributed by atoms with Gasteiger partial charge in [0.05, 0.1) is 16.7 Å². The summed E-state index contributed by atoms with van der Waals surface area (Å²) in [7, 11) is 6.32. The van der Waals surface area contributed by atoms with E-state index in [9.17, 15) is 5.26 Å². The predicted molar refractivity (Wildman–Crippen MR) is 139 cm³/mol. The van der Waals surface area contributed by atoms with E-state index in [0.29, 0.717) is 28.1 Å². The molecule has 0 atom stereocenters. The molecule has 0 unspecified atom stereocenters. The number of aryl methyl sites for hydroxylation is 2. The van der Waals surface area contributed by atoms with E-state index in [0.717, 1.165) is 64.9 Å². The van der Waals surface area contributed by atoms with Crippen LogP contribution in [-0.4, -0.2) is 47.6 Å². The van der Waals surface area contributed by atoms with E-state index in [4.69, 9.17) is 23.2 Å². The minimum atomic E-state index is 0.605. The van der Waals surface area contributed by atoms with Crippen molar-refractivity contribution in [3.63, 3.8) is 0 Å². The molecule has 3 aromatic rings. The summed E-state index contributed by atoms with van der Waals surface area (Å²) in [5, 5.41) is 11.8. The van der Waals surface area contributed by atoms with Gasteiger partial charge in [0.1, 0.15) is 0 Å². The van der Waals surface area contributed by atoms with E-state index in [1.165, 1.54) is 0 Å². The van der Waals surface area contributed by atoms with Crippen LogP contribution >= 0.6 is 23.2 Å². The van der Waals surface area contributed by atoms with E-state index in [2.05, 4.69) is 47.2 Å². The third kappa shape index (κ3) is 4.51. The Morgan fingerprint density at radius 2 is 1.88 bits per heavy atom. The average molecular weight is 481 g/mol. The lowest BCUT2D eigenvalue weighted by Gasteiger charge is -2.37. The summed E-state index contributed by atoms with van der Waals surface area (Å²) in [6, 6.07) is 12.8. The first-order valence-electron chi connectivity index (χ1n) is 11.3. The lowest BCUT2D eigenvalue weighted by atomic mass is 10.00. The summed E-state index contributed by atoms with van der Waals surface area (Å²) < 4.78 is 2.13. The van der Waals surface area contributed by atoms with Crippen molar-refractivity contribution in [2.45, 2.75) is 32.2 Å². The fourth-order valence-corrected chi connectivity index (χ4v) is 5.50. The number of hydrogen-bond acceptors (Lipinski definition) is 3. The van der Waals surface area contributed by atoms with E-state index in [1.807, 2.05) is 38.2 Å². The second kappa shape index (κ2) is 9.43. The Morgan fingerprint density at radius 3 is 2.52 bits per heavy atom. The molecule has 0 bridgehead atoms. The number of benzene rings is 2. The molecule has 1 aliphatic heterocycles. The Hall–Kier alpha value is -2.45. The van der Waals surface area contributed by atoms with Gasteiger partial charge in [0.2, 0.25) is 0 Å². The molecule has 0 radical (unpaired) electrons. The number of piperidine rings is 1. The standard InChI is InChI=1S/C27H30Cl2N4/c1-17-12-19(16-30)13-26-23(17)14-21(32(26)5)15-24-25(28)7-6-22(27(24)29)18(2)33-10-8-20(9-11-33)31(3)4/h6-7,12-14,20H,2,8-11,15H2,1,3-5H3. The molecule has 0 aliphatic carbocycles. The molecule has 4 nitrogen and oxygen atoms in total. The second-order valence-electron chi connectivity index (χ2n) is 9.23. The Kier molecular flexibility index (Phi) is 6.77. The number of likely N-dealkylation sites (tertiary alicyclic amines) is 1. The zero-order chi connectivity index (χ0) is 23.9. The van der Waals surface area contributed by atoms with Crippen molar-refractivity contribution in [3.05, 3.63) is 74.9 Å². The Labute approximate surface area is 206 Å². The van der Waals surface area contributed by atoms with Crippen LogP contribution in [0.5, 0.6) is 0 Å². The smallest absolute Gasteiger partial charge is 0.0992 e.